The molecule has 0 bridgehead atoms. The van der Waals surface area contributed by atoms with Gasteiger partial charge in [0.25, 0.3) is 0 Å². The molecule has 4 heavy (non-hydrogen) atoms. The average molecular weight is 289 g/mol. The van der Waals surface area contributed by atoms with Gasteiger partial charge in [0.05, 0.1) is 0 Å². The molecule has 0 unspecified atom stereocenters. The van der Waals surface area contributed by atoms with Gasteiger partial charge in [0.2, 0.25) is 0 Å². The van der Waals surface area contributed by atoms with E-state index < -0.39 is 0 Å². The zero-order valence-corrected chi connectivity index (χ0v) is 6.87. The standard InChI is InChI=1S/Cu.Gd.2H2S/h;;2*1H2. The predicted molar refractivity (Wildman–Crippen MR) is 20.8 cm³/mol. The van der Waals surface area contributed by atoms with E-state index in [0.717, 1.165) is 0 Å². The summed E-state index contributed by atoms with van der Waals surface area (Å²) >= 11 is 0. The Morgan fingerprint density at radius 3 is 0.750 bits per heavy atom. The van der Waals surface area contributed by atoms with E-state index >= 15 is 0 Å². The normalized spacial score (nSPS) is 0. The molecule has 0 rings (SSSR count). The molecule has 0 fully saturated rings. The van der Waals surface area contributed by atoms with Crippen LogP contribution in [0.5, 0.6) is 0 Å². The van der Waals surface area contributed by atoms with Gasteiger partial charge in [0, 0.05) is 57.0 Å². The molecular weight excluding hydrogens is 285 g/mol. The molecule has 0 amide bonds. The average Bonchev–Trinajstić information content (AvgIpc) is 0. The maximum atomic E-state index is 0. The summed E-state index contributed by atoms with van der Waals surface area (Å²) in [6, 6.07) is 0. The monoisotopic (exact) mass is 289 g/mol. The first-order valence-corrected chi connectivity index (χ1v) is 0. The van der Waals surface area contributed by atoms with Crippen molar-refractivity contribution in [2.75, 3.05) is 0 Å². The molecule has 0 N–H and O–H groups in total. The predicted octanol–water partition coefficient (Wildman–Crippen LogP) is 0.223. The summed E-state index contributed by atoms with van der Waals surface area (Å²) in [5.74, 6) is 0. The van der Waals surface area contributed by atoms with E-state index in [0.29, 0.717) is 0 Å². The Balaban J connectivity index is 0. The molecule has 0 aliphatic heterocycles. The Kier molecular flexibility index (Phi) is 137. The molecule has 0 spiro atoms. The first-order valence-electron chi connectivity index (χ1n) is 0. The van der Waals surface area contributed by atoms with Crippen molar-refractivity contribution in [3.63, 3.8) is 0 Å². The quantitative estimate of drug-likeness (QED) is 0.560. The SMILES string of the molecule is S.S.[Cu].[Gd]. The van der Waals surface area contributed by atoms with Crippen molar-refractivity contribution >= 4 is 27.0 Å². The smallest absolute Gasteiger partial charge is 0 e. The van der Waals surface area contributed by atoms with Gasteiger partial charge in [0.1, 0.15) is 0 Å². The van der Waals surface area contributed by atoms with Crippen LogP contribution in [0.4, 0.5) is 0 Å². The van der Waals surface area contributed by atoms with E-state index in [1.807, 2.05) is 0 Å². The van der Waals surface area contributed by atoms with Crippen LogP contribution in [0.25, 0.3) is 0 Å². The van der Waals surface area contributed by atoms with Gasteiger partial charge in [0.15, 0.2) is 0 Å². The third-order valence-corrected chi connectivity index (χ3v) is 0. The fraction of sp³-hybridized carbons (Fsp3) is 0. The third-order valence-electron chi connectivity index (χ3n) is 0. The van der Waals surface area contributed by atoms with Crippen LogP contribution in [-0.4, -0.2) is 0 Å². The fourth-order valence-corrected chi connectivity index (χ4v) is 0. The minimum absolute atomic E-state index is 0. The topological polar surface area (TPSA) is 0 Å². The number of hydrogen-bond donors (Lipinski definition) is 0. The van der Waals surface area contributed by atoms with E-state index in [2.05, 4.69) is 0 Å². The molecule has 0 heterocycles. The van der Waals surface area contributed by atoms with Crippen molar-refractivity contribution in [1.82, 2.24) is 0 Å². The summed E-state index contributed by atoms with van der Waals surface area (Å²) in [4.78, 5) is 0. The van der Waals surface area contributed by atoms with Gasteiger partial charge in [-0.15, -0.1) is 0 Å². The first-order chi connectivity index (χ1) is 0. The Labute approximate surface area is 82.5 Å². The third kappa shape index (κ3) is 8.82. The number of rotatable bonds is 0. The van der Waals surface area contributed by atoms with Crippen LogP contribution in [0.15, 0.2) is 0 Å². The van der Waals surface area contributed by atoms with Crippen molar-refractivity contribution in [2.45, 2.75) is 0 Å². The second kappa shape index (κ2) is 17.7. The molecule has 4 heteroatoms. The zero-order chi connectivity index (χ0) is 0. The fourth-order valence-electron chi connectivity index (χ4n) is 0. The Hall–Kier alpha value is 2.54. The van der Waals surface area contributed by atoms with E-state index in [1.165, 1.54) is 0 Å². The molecule has 0 saturated heterocycles. The molecule has 0 saturated carbocycles. The van der Waals surface area contributed by atoms with Crippen molar-refractivity contribution in [3.05, 3.63) is 0 Å². The summed E-state index contributed by atoms with van der Waals surface area (Å²) in [5.41, 5.74) is 0. The molecule has 0 atom stereocenters. The van der Waals surface area contributed by atoms with Gasteiger partial charge in [-0.05, 0) is 0 Å². The van der Waals surface area contributed by atoms with Crippen LogP contribution in [-0.2, 0) is 17.1 Å². The largest absolute Gasteiger partial charge is 0.197 e. The van der Waals surface area contributed by atoms with E-state index in [1.54, 1.807) is 0 Å². The maximum Gasteiger partial charge on any atom is 0 e. The van der Waals surface area contributed by atoms with Gasteiger partial charge < -0.3 is 0 Å². The summed E-state index contributed by atoms with van der Waals surface area (Å²) < 4.78 is 0. The second-order valence-corrected chi connectivity index (χ2v) is 0. The van der Waals surface area contributed by atoms with Gasteiger partial charge in [-0.1, -0.05) is 0 Å². The number of hydrogen-bond acceptors (Lipinski definition) is 0. The molecule has 0 nitrogen and oxygen atoms in total. The van der Waals surface area contributed by atoms with Gasteiger partial charge >= 0.3 is 0 Å². The van der Waals surface area contributed by atoms with E-state index in [-0.39, 0.29) is 84.0 Å². The molecule has 0 aliphatic carbocycles. The van der Waals surface area contributed by atoms with Crippen molar-refractivity contribution < 1.29 is 57.0 Å². The summed E-state index contributed by atoms with van der Waals surface area (Å²) in [7, 11) is 0. The summed E-state index contributed by atoms with van der Waals surface area (Å²) in [6.07, 6.45) is 0. The van der Waals surface area contributed by atoms with Crippen molar-refractivity contribution in [3.8, 4) is 0 Å². The van der Waals surface area contributed by atoms with Gasteiger partial charge in [-0.25, -0.2) is 0 Å². The minimum Gasteiger partial charge on any atom is -0.197 e. The van der Waals surface area contributed by atoms with Gasteiger partial charge in [-0.3, -0.25) is 0 Å². The molecule has 0 aliphatic rings. The van der Waals surface area contributed by atoms with Crippen molar-refractivity contribution in [1.29, 1.82) is 0 Å². The van der Waals surface area contributed by atoms with Crippen LogP contribution < -0.4 is 0 Å². The van der Waals surface area contributed by atoms with Crippen molar-refractivity contribution in [2.24, 2.45) is 0 Å². The molecule has 35 valence electrons. The van der Waals surface area contributed by atoms with Crippen LogP contribution in [0.2, 0.25) is 0 Å². The molecule has 0 aromatic heterocycles. The molecular formula is H4CuGdS2. The van der Waals surface area contributed by atoms with Crippen LogP contribution >= 0.6 is 27.0 Å². The minimum atomic E-state index is 0. The Morgan fingerprint density at radius 1 is 0.750 bits per heavy atom. The molecule has 0 aromatic rings. The first kappa shape index (κ1) is 31.1. The van der Waals surface area contributed by atoms with Gasteiger partial charge in [-0.2, -0.15) is 27.0 Å². The molecule has 1 radical (unpaired) electrons. The Morgan fingerprint density at radius 2 is 0.750 bits per heavy atom. The summed E-state index contributed by atoms with van der Waals surface area (Å²) in [6.45, 7) is 0. The summed E-state index contributed by atoms with van der Waals surface area (Å²) in [5, 5.41) is 0. The zero-order valence-electron chi connectivity index (χ0n) is 1.66. The molecule has 0 aromatic carbocycles. The van der Waals surface area contributed by atoms with Crippen LogP contribution in [0.1, 0.15) is 0 Å². The van der Waals surface area contributed by atoms with E-state index in [9.17, 15) is 0 Å². The Bertz CT molecular complexity index is 6.00. The van der Waals surface area contributed by atoms with Crippen LogP contribution in [0.3, 0.4) is 0 Å². The second-order valence-electron chi connectivity index (χ2n) is 0. The van der Waals surface area contributed by atoms with Crippen LogP contribution in [0, 0.1) is 39.9 Å². The maximum absolute atomic E-state index is 0. The van der Waals surface area contributed by atoms with E-state index in [4.69, 9.17) is 0 Å².